The summed E-state index contributed by atoms with van der Waals surface area (Å²) in [5, 5.41) is 7.65. The number of nitrogens with zero attached hydrogens (tertiary/aromatic N) is 3. The van der Waals surface area contributed by atoms with Crippen molar-refractivity contribution < 1.29 is 4.79 Å². The van der Waals surface area contributed by atoms with Crippen LogP contribution in [-0.4, -0.2) is 40.2 Å². The van der Waals surface area contributed by atoms with Crippen molar-refractivity contribution in [2.24, 2.45) is 5.92 Å². The Morgan fingerprint density at radius 1 is 1.29 bits per heavy atom. The highest BCUT2D eigenvalue weighted by Gasteiger charge is 2.20. The fraction of sp³-hybridized carbons (Fsp3) is 0.474. The first kappa shape index (κ1) is 16.7. The number of anilines is 1. The highest BCUT2D eigenvalue weighted by atomic mass is 16.2. The van der Waals surface area contributed by atoms with Crippen molar-refractivity contribution in [2.75, 3.05) is 25.0 Å². The lowest BCUT2D eigenvalue weighted by atomic mass is 10.0. The second-order valence-electron chi connectivity index (χ2n) is 6.82. The smallest absolute Gasteiger partial charge is 0.238 e. The lowest BCUT2D eigenvalue weighted by molar-refractivity contribution is -0.117. The number of carbonyl (C=O) groups is 1. The summed E-state index contributed by atoms with van der Waals surface area (Å²) < 4.78 is 1.88. The first-order valence-electron chi connectivity index (χ1n) is 8.68. The van der Waals surface area contributed by atoms with E-state index in [0.29, 0.717) is 12.5 Å². The molecule has 24 heavy (non-hydrogen) atoms. The van der Waals surface area contributed by atoms with E-state index in [1.54, 1.807) is 0 Å². The predicted molar refractivity (Wildman–Crippen MR) is 96.5 cm³/mol. The van der Waals surface area contributed by atoms with Crippen molar-refractivity contribution in [3.8, 4) is 5.69 Å². The largest absolute Gasteiger partial charge is 0.322 e. The van der Waals surface area contributed by atoms with Gasteiger partial charge in [0.05, 0.1) is 29.3 Å². The molecule has 1 N–H and O–H groups in total. The third-order valence-electron chi connectivity index (χ3n) is 4.66. The van der Waals surface area contributed by atoms with Crippen LogP contribution in [0.3, 0.4) is 0 Å². The number of hydrogen-bond acceptors (Lipinski definition) is 3. The molecule has 1 aliphatic rings. The van der Waals surface area contributed by atoms with Gasteiger partial charge in [-0.2, -0.15) is 5.10 Å². The van der Waals surface area contributed by atoms with Crippen molar-refractivity contribution in [1.82, 2.24) is 14.7 Å². The van der Waals surface area contributed by atoms with E-state index in [4.69, 9.17) is 0 Å². The number of aromatic nitrogens is 2. The van der Waals surface area contributed by atoms with E-state index < -0.39 is 0 Å². The zero-order valence-electron chi connectivity index (χ0n) is 14.7. The van der Waals surface area contributed by atoms with Gasteiger partial charge in [0, 0.05) is 6.54 Å². The number of hydrogen-bond donors (Lipinski definition) is 1. The predicted octanol–water partition coefficient (Wildman–Crippen LogP) is 3.16. The van der Waals surface area contributed by atoms with Gasteiger partial charge < -0.3 is 5.32 Å². The van der Waals surface area contributed by atoms with Crippen molar-refractivity contribution in [3.05, 3.63) is 41.7 Å². The molecule has 1 amide bonds. The van der Waals surface area contributed by atoms with Crippen molar-refractivity contribution in [1.29, 1.82) is 0 Å². The summed E-state index contributed by atoms with van der Waals surface area (Å²) in [6.07, 6.45) is 2.44. The van der Waals surface area contributed by atoms with Crippen LogP contribution in [0, 0.1) is 19.8 Å². The minimum Gasteiger partial charge on any atom is -0.322 e. The van der Waals surface area contributed by atoms with E-state index in [9.17, 15) is 4.79 Å². The van der Waals surface area contributed by atoms with Gasteiger partial charge in [0.1, 0.15) is 0 Å². The molecule has 0 bridgehead atoms. The summed E-state index contributed by atoms with van der Waals surface area (Å²) in [5.74, 6) is 0.721. The minimum atomic E-state index is 0.0444. The average molecular weight is 326 g/mol. The Balaban J connectivity index is 1.71. The van der Waals surface area contributed by atoms with Gasteiger partial charge >= 0.3 is 0 Å². The Morgan fingerprint density at radius 2 is 2.04 bits per heavy atom. The van der Waals surface area contributed by atoms with Crippen molar-refractivity contribution >= 4 is 11.6 Å². The zero-order chi connectivity index (χ0) is 17.1. The first-order chi connectivity index (χ1) is 11.5. The summed E-state index contributed by atoms with van der Waals surface area (Å²) >= 11 is 0. The zero-order valence-corrected chi connectivity index (χ0v) is 14.7. The fourth-order valence-corrected chi connectivity index (χ4v) is 3.46. The van der Waals surface area contributed by atoms with E-state index in [-0.39, 0.29) is 5.91 Å². The van der Waals surface area contributed by atoms with Gasteiger partial charge in [-0.05, 0) is 51.3 Å². The molecule has 1 atom stereocenters. The fourth-order valence-electron chi connectivity index (χ4n) is 3.46. The Labute approximate surface area is 143 Å². The molecule has 0 spiro atoms. The Bertz CT molecular complexity index is 708. The molecule has 5 nitrogen and oxygen atoms in total. The van der Waals surface area contributed by atoms with Crippen LogP contribution < -0.4 is 5.32 Å². The number of aryl methyl sites for hydroxylation is 1. The monoisotopic (exact) mass is 326 g/mol. The topological polar surface area (TPSA) is 50.2 Å². The molecule has 0 saturated carbocycles. The normalized spacial score (nSPS) is 18.5. The van der Waals surface area contributed by atoms with Crippen LogP contribution in [0.25, 0.3) is 5.69 Å². The summed E-state index contributed by atoms with van der Waals surface area (Å²) in [6, 6.07) is 9.99. The van der Waals surface area contributed by atoms with Crippen LogP contribution in [-0.2, 0) is 4.79 Å². The molecular formula is C19H26N4O. The molecule has 1 fully saturated rings. The maximum Gasteiger partial charge on any atom is 0.238 e. The number of piperidine rings is 1. The Morgan fingerprint density at radius 3 is 2.75 bits per heavy atom. The van der Waals surface area contributed by atoms with Crippen LogP contribution >= 0.6 is 0 Å². The molecule has 3 rings (SSSR count). The third-order valence-corrected chi connectivity index (χ3v) is 4.66. The maximum absolute atomic E-state index is 12.4. The number of amides is 1. The van der Waals surface area contributed by atoms with E-state index in [1.165, 1.54) is 12.8 Å². The molecule has 1 saturated heterocycles. The number of benzene rings is 1. The standard InChI is InChI=1S/C19H26N4O/c1-14-8-7-11-22(12-14)13-18(24)20-19-15(2)21-23(16(19)3)17-9-5-4-6-10-17/h4-6,9-10,14H,7-8,11-13H2,1-3H3,(H,20,24)/t14-/m1/s1. The molecule has 0 aliphatic carbocycles. The molecule has 5 heteroatoms. The lowest BCUT2D eigenvalue weighted by Gasteiger charge is -2.30. The lowest BCUT2D eigenvalue weighted by Crippen LogP contribution is -2.39. The number of nitrogens with one attached hydrogen (secondary N) is 1. The van der Waals surface area contributed by atoms with Crippen molar-refractivity contribution in [2.45, 2.75) is 33.6 Å². The summed E-state index contributed by atoms with van der Waals surface area (Å²) in [6.45, 7) is 8.66. The van der Waals surface area contributed by atoms with Gasteiger partial charge in [-0.1, -0.05) is 25.1 Å². The molecule has 1 aliphatic heterocycles. The van der Waals surface area contributed by atoms with Gasteiger partial charge in [-0.25, -0.2) is 4.68 Å². The first-order valence-corrected chi connectivity index (χ1v) is 8.68. The molecule has 0 radical (unpaired) electrons. The highest BCUT2D eigenvalue weighted by Crippen LogP contribution is 2.23. The van der Waals surface area contributed by atoms with Crippen LogP contribution in [0.15, 0.2) is 30.3 Å². The summed E-state index contributed by atoms with van der Waals surface area (Å²) in [5.41, 5.74) is 3.63. The van der Waals surface area contributed by atoms with Crippen LogP contribution in [0.5, 0.6) is 0 Å². The van der Waals surface area contributed by atoms with Crippen LogP contribution in [0.1, 0.15) is 31.2 Å². The average Bonchev–Trinajstić information content (AvgIpc) is 2.84. The van der Waals surface area contributed by atoms with Crippen LogP contribution in [0.2, 0.25) is 0 Å². The van der Waals surface area contributed by atoms with E-state index in [2.05, 4.69) is 22.2 Å². The SMILES string of the molecule is Cc1nn(-c2ccccc2)c(C)c1NC(=O)CN1CCC[C@@H](C)C1. The van der Waals surface area contributed by atoms with Gasteiger partial charge in [0.25, 0.3) is 0 Å². The van der Waals surface area contributed by atoms with Gasteiger partial charge in [0.2, 0.25) is 5.91 Å². The van der Waals surface area contributed by atoms with E-state index in [0.717, 1.165) is 35.9 Å². The van der Waals surface area contributed by atoms with E-state index >= 15 is 0 Å². The highest BCUT2D eigenvalue weighted by molar-refractivity contribution is 5.93. The van der Waals surface area contributed by atoms with Gasteiger partial charge in [-0.3, -0.25) is 9.69 Å². The molecule has 2 aromatic rings. The van der Waals surface area contributed by atoms with Gasteiger partial charge in [0.15, 0.2) is 0 Å². The molecular weight excluding hydrogens is 300 g/mol. The summed E-state index contributed by atoms with van der Waals surface area (Å²) in [7, 11) is 0. The number of carbonyl (C=O) groups excluding carboxylic acids is 1. The Hall–Kier alpha value is -2.14. The van der Waals surface area contributed by atoms with Gasteiger partial charge in [-0.15, -0.1) is 0 Å². The number of likely N-dealkylation sites (tertiary alicyclic amines) is 1. The molecule has 128 valence electrons. The maximum atomic E-state index is 12.4. The molecule has 0 unspecified atom stereocenters. The molecule has 1 aromatic carbocycles. The number of para-hydroxylation sites is 1. The second kappa shape index (κ2) is 7.18. The number of rotatable bonds is 4. The quantitative estimate of drug-likeness (QED) is 0.939. The minimum absolute atomic E-state index is 0.0444. The summed E-state index contributed by atoms with van der Waals surface area (Å²) in [4.78, 5) is 14.7. The van der Waals surface area contributed by atoms with Crippen LogP contribution in [0.4, 0.5) is 5.69 Å². The molecule has 1 aromatic heterocycles. The van der Waals surface area contributed by atoms with E-state index in [1.807, 2.05) is 48.9 Å². The molecule has 2 heterocycles. The Kier molecular flexibility index (Phi) is 5.00. The third kappa shape index (κ3) is 3.67. The second-order valence-corrected chi connectivity index (χ2v) is 6.82. The van der Waals surface area contributed by atoms with Crippen molar-refractivity contribution in [3.63, 3.8) is 0 Å².